The molecule has 0 aromatic heterocycles. The first-order chi connectivity index (χ1) is 16.0. The van der Waals surface area contributed by atoms with Crippen molar-refractivity contribution in [1.82, 2.24) is 4.90 Å². The van der Waals surface area contributed by atoms with Crippen LogP contribution in [0.2, 0.25) is 0 Å². The van der Waals surface area contributed by atoms with E-state index in [1.54, 1.807) is 18.0 Å². The fourth-order valence-electron chi connectivity index (χ4n) is 3.75. The molecule has 3 rings (SSSR count). The number of nitrogens with one attached hydrogen (secondary N) is 2. The van der Waals surface area contributed by atoms with Gasteiger partial charge in [-0.25, -0.2) is 0 Å². The van der Waals surface area contributed by atoms with E-state index in [1.165, 1.54) is 0 Å². The molecule has 0 saturated heterocycles. The third kappa shape index (κ3) is 6.43. The molecule has 6 heteroatoms. The highest BCUT2D eigenvalue weighted by atomic mass is 16.5. The molecule has 0 fully saturated rings. The van der Waals surface area contributed by atoms with Crippen LogP contribution in [0.25, 0.3) is 0 Å². The van der Waals surface area contributed by atoms with Crippen LogP contribution in [-0.4, -0.2) is 36.9 Å². The predicted molar refractivity (Wildman–Crippen MR) is 133 cm³/mol. The van der Waals surface area contributed by atoms with E-state index >= 15 is 0 Å². The van der Waals surface area contributed by atoms with Crippen molar-refractivity contribution < 1.29 is 14.3 Å². The Morgan fingerprint density at radius 2 is 1.48 bits per heavy atom. The second-order valence-corrected chi connectivity index (χ2v) is 7.71. The highest BCUT2D eigenvalue weighted by Crippen LogP contribution is 2.27. The van der Waals surface area contributed by atoms with Crippen LogP contribution >= 0.6 is 0 Å². The van der Waals surface area contributed by atoms with E-state index in [-0.39, 0.29) is 18.4 Å². The Morgan fingerprint density at radius 1 is 0.848 bits per heavy atom. The van der Waals surface area contributed by atoms with Gasteiger partial charge in [-0.15, -0.1) is 0 Å². The molecule has 0 heterocycles. The minimum absolute atomic E-state index is 0.0537. The minimum Gasteiger partial charge on any atom is -0.492 e. The number of likely N-dealkylation sites (N-methyl/N-ethyl adjacent to an activating group) is 1. The third-order valence-electron chi connectivity index (χ3n) is 5.31. The number of amides is 2. The van der Waals surface area contributed by atoms with E-state index < -0.39 is 6.04 Å². The van der Waals surface area contributed by atoms with Crippen LogP contribution in [-0.2, 0) is 16.0 Å². The molecule has 1 atom stereocenters. The van der Waals surface area contributed by atoms with Crippen molar-refractivity contribution in [3.8, 4) is 5.75 Å². The summed E-state index contributed by atoms with van der Waals surface area (Å²) in [6, 6.07) is 23.9. The quantitative estimate of drug-likeness (QED) is 0.466. The van der Waals surface area contributed by atoms with Crippen molar-refractivity contribution in [3.05, 3.63) is 90.0 Å². The summed E-state index contributed by atoms with van der Waals surface area (Å²) in [5.41, 5.74) is 3.26. The third-order valence-corrected chi connectivity index (χ3v) is 5.31. The monoisotopic (exact) mass is 445 g/mol. The van der Waals surface area contributed by atoms with Gasteiger partial charge in [0.1, 0.15) is 11.8 Å². The summed E-state index contributed by atoms with van der Waals surface area (Å²) in [5.74, 6) is 0.191. The molecule has 3 aromatic carbocycles. The zero-order valence-corrected chi connectivity index (χ0v) is 19.4. The molecule has 0 spiro atoms. The molecule has 0 radical (unpaired) electrons. The van der Waals surface area contributed by atoms with Gasteiger partial charge in [0.05, 0.1) is 18.8 Å². The second-order valence-electron chi connectivity index (χ2n) is 7.71. The van der Waals surface area contributed by atoms with Crippen molar-refractivity contribution in [1.29, 1.82) is 0 Å². The van der Waals surface area contributed by atoms with Gasteiger partial charge < -0.3 is 15.4 Å². The average molecular weight is 446 g/mol. The topological polar surface area (TPSA) is 70.7 Å². The Bertz CT molecular complexity index is 1070. The van der Waals surface area contributed by atoms with Gasteiger partial charge in [-0.05, 0) is 49.7 Å². The van der Waals surface area contributed by atoms with Crippen LogP contribution in [0.5, 0.6) is 5.75 Å². The fraction of sp³-hybridized carbons (Fsp3) is 0.259. The normalized spacial score (nSPS) is 11.6. The lowest BCUT2D eigenvalue weighted by Crippen LogP contribution is -2.39. The van der Waals surface area contributed by atoms with Crippen LogP contribution in [0.4, 0.5) is 11.4 Å². The molecule has 1 unspecified atom stereocenters. The summed E-state index contributed by atoms with van der Waals surface area (Å²) >= 11 is 0. The van der Waals surface area contributed by atoms with E-state index in [9.17, 15) is 9.59 Å². The highest BCUT2D eigenvalue weighted by molar-refractivity contribution is 5.98. The lowest BCUT2D eigenvalue weighted by Gasteiger charge is -2.27. The fourth-order valence-corrected chi connectivity index (χ4v) is 3.75. The first kappa shape index (κ1) is 24.0. The Labute approximate surface area is 195 Å². The summed E-state index contributed by atoms with van der Waals surface area (Å²) in [7, 11) is 1.77. The lowest BCUT2D eigenvalue weighted by molar-refractivity contribution is -0.123. The smallest absolute Gasteiger partial charge is 0.246 e. The Morgan fingerprint density at radius 3 is 2.18 bits per heavy atom. The van der Waals surface area contributed by atoms with Gasteiger partial charge in [0.2, 0.25) is 11.8 Å². The van der Waals surface area contributed by atoms with Crippen molar-refractivity contribution in [2.75, 3.05) is 30.8 Å². The van der Waals surface area contributed by atoms with Crippen molar-refractivity contribution in [3.63, 3.8) is 0 Å². The standard InChI is InChI=1S/C27H31N3O3/c1-4-20-13-9-10-16-22(20)28-25(31)19-30(3)26(21-14-7-6-8-15-21)27(32)29-23-17-11-12-18-24(23)33-5-2/h6-18,26H,4-5,19H2,1-3H3,(H,28,31)(H,29,32). The number of rotatable bonds is 10. The molecule has 3 aromatic rings. The number of benzene rings is 3. The largest absolute Gasteiger partial charge is 0.492 e. The zero-order chi connectivity index (χ0) is 23.6. The molecule has 0 aliphatic heterocycles. The molecule has 0 bridgehead atoms. The van der Waals surface area contributed by atoms with Gasteiger partial charge in [-0.2, -0.15) is 0 Å². The summed E-state index contributed by atoms with van der Waals surface area (Å²) in [4.78, 5) is 28.0. The number of hydrogen-bond acceptors (Lipinski definition) is 4. The number of carbonyl (C=O) groups excluding carboxylic acids is 2. The summed E-state index contributed by atoms with van der Waals surface area (Å²) < 4.78 is 5.64. The number of ether oxygens (including phenoxy) is 1. The summed E-state index contributed by atoms with van der Waals surface area (Å²) in [6.07, 6.45) is 0.820. The maximum atomic E-state index is 13.4. The second kappa shape index (κ2) is 11.8. The SMILES string of the molecule is CCOc1ccccc1NC(=O)C(c1ccccc1)N(C)CC(=O)Nc1ccccc1CC. The van der Waals surface area contributed by atoms with Gasteiger partial charge in [0, 0.05) is 5.69 Å². The van der Waals surface area contributed by atoms with Gasteiger partial charge in [-0.1, -0.05) is 67.6 Å². The van der Waals surface area contributed by atoms with Crippen molar-refractivity contribution in [2.45, 2.75) is 26.3 Å². The Balaban J connectivity index is 1.79. The van der Waals surface area contributed by atoms with Crippen molar-refractivity contribution >= 4 is 23.2 Å². The van der Waals surface area contributed by atoms with Crippen LogP contribution in [0.15, 0.2) is 78.9 Å². The number of anilines is 2. The van der Waals surface area contributed by atoms with E-state index in [0.29, 0.717) is 18.0 Å². The van der Waals surface area contributed by atoms with Gasteiger partial charge >= 0.3 is 0 Å². The molecule has 2 amide bonds. The molecular weight excluding hydrogens is 414 g/mol. The Kier molecular flexibility index (Phi) is 8.61. The van der Waals surface area contributed by atoms with E-state index in [4.69, 9.17) is 4.74 Å². The highest BCUT2D eigenvalue weighted by Gasteiger charge is 2.27. The van der Waals surface area contributed by atoms with E-state index in [2.05, 4.69) is 10.6 Å². The number of para-hydroxylation sites is 3. The lowest BCUT2D eigenvalue weighted by atomic mass is 10.0. The predicted octanol–water partition coefficient (Wildman–Crippen LogP) is 4.90. The molecule has 6 nitrogen and oxygen atoms in total. The number of hydrogen-bond donors (Lipinski definition) is 2. The summed E-state index contributed by atoms with van der Waals surface area (Å²) in [5, 5.41) is 5.96. The van der Waals surface area contributed by atoms with E-state index in [0.717, 1.165) is 23.2 Å². The number of carbonyl (C=O) groups is 2. The van der Waals surface area contributed by atoms with Gasteiger partial charge in [0.15, 0.2) is 0 Å². The van der Waals surface area contributed by atoms with E-state index in [1.807, 2.05) is 86.6 Å². The molecule has 0 aliphatic carbocycles. The summed E-state index contributed by atoms with van der Waals surface area (Å²) in [6.45, 7) is 4.49. The van der Waals surface area contributed by atoms with Crippen LogP contribution in [0.1, 0.15) is 31.0 Å². The zero-order valence-electron chi connectivity index (χ0n) is 19.4. The number of aryl methyl sites for hydroxylation is 1. The van der Waals surface area contributed by atoms with Crippen molar-refractivity contribution in [2.24, 2.45) is 0 Å². The minimum atomic E-state index is -0.659. The first-order valence-electron chi connectivity index (χ1n) is 11.2. The van der Waals surface area contributed by atoms with Crippen LogP contribution < -0.4 is 15.4 Å². The average Bonchev–Trinajstić information content (AvgIpc) is 2.81. The molecule has 172 valence electrons. The molecule has 0 aliphatic rings. The van der Waals surface area contributed by atoms with Gasteiger partial charge in [-0.3, -0.25) is 14.5 Å². The maximum absolute atomic E-state index is 13.4. The maximum Gasteiger partial charge on any atom is 0.246 e. The van der Waals surface area contributed by atoms with Crippen LogP contribution in [0, 0.1) is 0 Å². The molecule has 2 N–H and O–H groups in total. The first-order valence-corrected chi connectivity index (χ1v) is 11.2. The number of nitrogens with zero attached hydrogens (tertiary/aromatic N) is 1. The molecule has 0 saturated carbocycles. The van der Waals surface area contributed by atoms with Gasteiger partial charge in [0.25, 0.3) is 0 Å². The molecular formula is C27H31N3O3. The van der Waals surface area contributed by atoms with Crippen LogP contribution in [0.3, 0.4) is 0 Å². The Hall–Kier alpha value is -3.64. The molecule has 33 heavy (non-hydrogen) atoms.